The Morgan fingerprint density at radius 3 is 2.82 bits per heavy atom. The van der Waals surface area contributed by atoms with E-state index in [4.69, 9.17) is 16.3 Å². The first-order valence-electron chi connectivity index (χ1n) is 6.74. The summed E-state index contributed by atoms with van der Waals surface area (Å²) in [6, 6.07) is 16.4. The van der Waals surface area contributed by atoms with Gasteiger partial charge in [-0.05, 0) is 30.3 Å². The van der Waals surface area contributed by atoms with E-state index < -0.39 is 0 Å². The Labute approximate surface area is 132 Å². The van der Waals surface area contributed by atoms with Crippen LogP contribution in [0.2, 0.25) is 5.02 Å². The van der Waals surface area contributed by atoms with Crippen LogP contribution in [-0.4, -0.2) is 17.5 Å². The Balaban J connectivity index is 1.68. The Morgan fingerprint density at radius 2 is 1.95 bits per heavy atom. The molecule has 22 heavy (non-hydrogen) atoms. The zero-order valence-electron chi connectivity index (χ0n) is 11.6. The van der Waals surface area contributed by atoms with Crippen LogP contribution in [0.5, 0.6) is 5.75 Å². The number of amides is 1. The van der Waals surface area contributed by atoms with E-state index in [2.05, 4.69) is 10.3 Å². The van der Waals surface area contributed by atoms with E-state index in [1.54, 1.807) is 30.5 Å². The average molecular weight is 313 g/mol. The number of carbonyl (C=O) groups excluding carboxylic acids is 1. The summed E-state index contributed by atoms with van der Waals surface area (Å²) in [5.41, 5.74) is 1.42. The van der Waals surface area contributed by atoms with Gasteiger partial charge in [0.25, 0.3) is 5.91 Å². The van der Waals surface area contributed by atoms with Crippen LogP contribution in [0.1, 0.15) is 0 Å². The number of aromatic nitrogens is 1. The lowest BCUT2D eigenvalue weighted by Crippen LogP contribution is -2.20. The van der Waals surface area contributed by atoms with Gasteiger partial charge in [0.15, 0.2) is 6.61 Å². The summed E-state index contributed by atoms with van der Waals surface area (Å²) in [7, 11) is 0. The molecule has 1 amide bonds. The molecule has 110 valence electrons. The van der Waals surface area contributed by atoms with Gasteiger partial charge < -0.3 is 10.1 Å². The number of halogens is 1. The molecule has 0 bridgehead atoms. The number of hydrogen-bond acceptors (Lipinski definition) is 3. The third-order valence-corrected chi connectivity index (χ3v) is 3.31. The number of carbonyl (C=O) groups is 1. The molecule has 0 radical (unpaired) electrons. The quantitative estimate of drug-likeness (QED) is 0.794. The van der Waals surface area contributed by atoms with Gasteiger partial charge in [0, 0.05) is 16.6 Å². The normalized spacial score (nSPS) is 10.4. The Hall–Kier alpha value is -2.59. The fraction of sp³-hybridized carbons (Fsp3) is 0.0588. The van der Waals surface area contributed by atoms with Gasteiger partial charge >= 0.3 is 0 Å². The summed E-state index contributed by atoms with van der Waals surface area (Å²) in [6.45, 7) is -0.0937. The highest BCUT2D eigenvalue weighted by molar-refractivity contribution is 6.30. The Kier molecular flexibility index (Phi) is 4.21. The van der Waals surface area contributed by atoms with E-state index in [-0.39, 0.29) is 12.5 Å². The standard InChI is InChI=1S/C17H13ClN2O2/c18-13-6-2-7-14(10-13)22-11-16(21)20-15-8-1-4-12-5-3-9-19-17(12)15/h1-10H,11H2,(H,20,21). The van der Waals surface area contributed by atoms with Crippen molar-refractivity contribution in [3.63, 3.8) is 0 Å². The minimum atomic E-state index is -0.252. The molecular formula is C17H13ClN2O2. The highest BCUT2D eigenvalue weighted by Crippen LogP contribution is 2.21. The number of benzene rings is 2. The van der Waals surface area contributed by atoms with Crippen LogP contribution in [0.3, 0.4) is 0 Å². The molecule has 4 nitrogen and oxygen atoms in total. The number of nitrogens with zero attached hydrogens (tertiary/aromatic N) is 1. The van der Waals surface area contributed by atoms with Crippen molar-refractivity contribution in [2.75, 3.05) is 11.9 Å². The third-order valence-electron chi connectivity index (χ3n) is 3.07. The van der Waals surface area contributed by atoms with E-state index in [1.807, 2.05) is 30.3 Å². The summed E-state index contributed by atoms with van der Waals surface area (Å²) in [6.07, 6.45) is 1.69. The summed E-state index contributed by atoms with van der Waals surface area (Å²) in [4.78, 5) is 16.3. The molecule has 0 unspecified atom stereocenters. The molecule has 0 aliphatic heterocycles. The van der Waals surface area contributed by atoms with Gasteiger partial charge in [-0.25, -0.2) is 0 Å². The van der Waals surface area contributed by atoms with Crippen molar-refractivity contribution in [2.24, 2.45) is 0 Å². The van der Waals surface area contributed by atoms with Crippen LogP contribution in [0.4, 0.5) is 5.69 Å². The lowest BCUT2D eigenvalue weighted by molar-refractivity contribution is -0.118. The molecule has 0 spiro atoms. The van der Waals surface area contributed by atoms with E-state index in [1.165, 1.54) is 0 Å². The fourth-order valence-electron chi connectivity index (χ4n) is 2.10. The smallest absolute Gasteiger partial charge is 0.262 e. The highest BCUT2D eigenvalue weighted by Gasteiger charge is 2.07. The van der Waals surface area contributed by atoms with Gasteiger partial charge in [0.05, 0.1) is 11.2 Å². The molecule has 2 aromatic carbocycles. The van der Waals surface area contributed by atoms with Crippen LogP contribution < -0.4 is 10.1 Å². The summed E-state index contributed by atoms with van der Waals surface area (Å²) < 4.78 is 5.42. The zero-order chi connectivity index (χ0) is 15.4. The summed E-state index contributed by atoms with van der Waals surface area (Å²) in [5, 5.41) is 4.34. The highest BCUT2D eigenvalue weighted by atomic mass is 35.5. The lowest BCUT2D eigenvalue weighted by Gasteiger charge is -2.09. The molecule has 3 rings (SSSR count). The second kappa shape index (κ2) is 6.45. The van der Waals surface area contributed by atoms with Crippen molar-refractivity contribution in [3.05, 3.63) is 65.8 Å². The van der Waals surface area contributed by atoms with Crippen molar-refractivity contribution >= 4 is 34.1 Å². The molecule has 0 saturated heterocycles. The predicted octanol–water partition coefficient (Wildman–Crippen LogP) is 3.91. The molecule has 3 aromatic rings. The van der Waals surface area contributed by atoms with E-state index in [9.17, 15) is 4.79 Å². The number of para-hydroxylation sites is 1. The number of nitrogens with one attached hydrogen (secondary N) is 1. The first kappa shape index (κ1) is 14.4. The molecule has 0 aliphatic rings. The molecule has 0 fully saturated rings. The Morgan fingerprint density at radius 1 is 1.14 bits per heavy atom. The molecule has 1 aromatic heterocycles. The first-order valence-corrected chi connectivity index (χ1v) is 7.12. The fourth-order valence-corrected chi connectivity index (χ4v) is 2.28. The van der Waals surface area contributed by atoms with Crippen LogP contribution in [0.25, 0.3) is 10.9 Å². The maximum Gasteiger partial charge on any atom is 0.262 e. The monoisotopic (exact) mass is 312 g/mol. The van der Waals surface area contributed by atoms with Gasteiger partial charge in [-0.2, -0.15) is 0 Å². The number of hydrogen-bond donors (Lipinski definition) is 1. The molecule has 0 saturated carbocycles. The SMILES string of the molecule is O=C(COc1cccc(Cl)c1)Nc1cccc2cccnc12. The van der Waals surface area contributed by atoms with Crippen molar-refractivity contribution in [1.29, 1.82) is 0 Å². The third kappa shape index (κ3) is 3.35. The molecule has 0 aliphatic carbocycles. The number of anilines is 1. The Bertz CT molecular complexity index is 815. The van der Waals surface area contributed by atoms with Crippen LogP contribution in [0.15, 0.2) is 60.8 Å². The van der Waals surface area contributed by atoms with Crippen molar-refractivity contribution < 1.29 is 9.53 Å². The second-order valence-electron chi connectivity index (χ2n) is 4.67. The van der Waals surface area contributed by atoms with Gasteiger partial charge in [0.1, 0.15) is 5.75 Å². The summed E-state index contributed by atoms with van der Waals surface area (Å²) in [5.74, 6) is 0.303. The van der Waals surface area contributed by atoms with Crippen molar-refractivity contribution in [1.82, 2.24) is 4.98 Å². The number of fused-ring (bicyclic) bond motifs is 1. The van der Waals surface area contributed by atoms with Crippen molar-refractivity contribution in [3.8, 4) is 5.75 Å². The predicted molar refractivity (Wildman–Crippen MR) is 87.3 cm³/mol. The molecule has 1 N–H and O–H groups in total. The minimum absolute atomic E-state index is 0.0937. The largest absolute Gasteiger partial charge is 0.484 e. The van der Waals surface area contributed by atoms with Gasteiger partial charge in [0.2, 0.25) is 0 Å². The number of rotatable bonds is 4. The van der Waals surface area contributed by atoms with E-state index in [0.717, 1.165) is 10.9 Å². The van der Waals surface area contributed by atoms with Gasteiger partial charge in [-0.1, -0.05) is 35.9 Å². The van der Waals surface area contributed by atoms with E-state index in [0.29, 0.717) is 16.5 Å². The lowest BCUT2D eigenvalue weighted by atomic mass is 10.2. The maximum absolute atomic E-state index is 12.0. The topological polar surface area (TPSA) is 51.2 Å². The van der Waals surface area contributed by atoms with Crippen LogP contribution in [-0.2, 0) is 4.79 Å². The molecule has 5 heteroatoms. The van der Waals surface area contributed by atoms with Gasteiger partial charge in [-0.15, -0.1) is 0 Å². The number of ether oxygens (including phenoxy) is 1. The van der Waals surface area contributed by atoms with Crippen molar-refractivity contribution in [2.45, 2.75) is 0 Å². The number of pyridine rings is 1. The average Bonchev–Trinajstić information content (AvgIpc) is 2.53. The second-order valence-corrected chi connectivity index (χ2v) is 5.11. The zero-order valence-corrected chi connectivity index (χ0v) is 12.4. The summed E-state index contributed by atoms with van der Waals surface area (Å²) >= 11 is 5.87. The van der Waals surface area contributed by atoms with Crippen LogP contribution in [0, 0.1) is 0 Å². The van der Waals surface area contributed by atoms with Gasteiger partial charge in [-0.3, -0.25) is 9.78 Å². The molecular weight excluding hydrogens is 300 g/mol. The molecule has 1 heterocycles. The maximum atomic E-state index is 12.0. The van der Waals surface area contributed by atoms with E-state index >= 15 is 0 Å². The van der Waals surface area contributed by atoms with Crippen LogP contribution >= 0.6 is 11.6 Å². The first-order chi connectivity index (χ1) is 10.7. The minimum Gasteiger partial charge on any atom is -0.484 e. The molecule has 0 atom stereocenters.